The van der Waals surface area contributed by atoms with Crippen LogP contribution in [0.5, 0.6) is 0 Å². The van der Waals surface area contributed by atoms with Gasteiger partial charge in [-0.3, -0.25) is 19.7 Å². The van der Waals surface area contributed by atoms with Gasteiger partial charge in [0.1, 0.15) is 6.04 Å². The lowest BCUT2D eigenvalue weighted by atomic mass is 10.1. The van der Waals surface area contributed by atoms with Crippen molar-refractivity contribution in [3.05, 3.63) is 39.7 Å². The number of carbonyl (C=O) groups excluding carboxylic acids is 2. The summed E-state index contributed by atoms with van der Waals surface area (Å²) >= 11 is 0. The van der Waals surface area contributed by atoms with Crippen LogP contribution in [0.15, 0.2) is 18.2 Å². The van der Waals surface area contributed by atoms with Gasteiger partial charge in [-0.25, -0.2) is 0 Å². The van der Waals surface area contributed by atoms with E-state index < -0.39 is 28.4 Å². The van der Waals surface area contributed by atoms with Crippen LogP contribution >= 0.6 is 0 Å². The average Bonchev–Trinajstić information content (AvgIpc) is 3.22. The summed E-state index contributed by atoms with van der Waals surface area (Å²) in [6, 6.07) is 2.22. The molecule has 2 N–H and O–H groups in total. The minimum absolute atomic E-state index is 0.0748. The molecule has 0 heterocycles. The first-order valence-corrected chi connectivity index (χ1v) is 6.43. The molecule has 2 rings (SSSR count). The highest BCUT2D eigenvalue weighted by Gasteiger charge is 2.26. The Morgan fingerprint density at radius 2 is 2.10 bits per heavy atom. The number of amides is 2. The summed E-state index contributed by atoms with van der Waals surface area (Å²) in [5, 5.41) is 15.8. The molecule has 1 fully saturated rings. The van der Waals surface area contributed by atoms with Crippen molar-refractivity contribution in [2.45, 2.75) is 31.8 Å². The van der Waals surface area contributed by atoms with Crippen molar-refractivity contribution < 1.29 is 18.9 Å². The highest BCUT2D eigenvalue weighted by Crippen LogP contribution is 2.19. The molecular weight excluding hydrogens is 281 g/mol. The lowest BCUT2D eigenvalue weighted by molar-refractivity contribution is -0.387. The van der Waals surface area contributed by atoms with E-state index in [0.29, 0.717) is 0 Å². The van der Waals surface area contributed by atoms with E-state index in [1.807, 2.05) is 0 Å². The zero-order chi connectivity index (χ0) is 15.6. The second-order valence-corrected chi connectivity index (χ2v) is 4.90. The van der Waals surface area contributed by atoms with Crippen LogP contribution in [-0.4, -0.2) is 28.8 Å². The number of nitro benzene ring substituents is 1. The van der Waals surface area contributed by atoms with Gasteiger partial charge >= 0.3 is 5.69 Å². The molecule has 112 valence electrons. The maximum absolute atomic E-state index is 13.2. The standard InChI is InChI=1S/C13H14FN3O4/c1-7(12(18)16-9-3-4-9)15-13(19)8-2-5-10(14)11(6-8)17(20)21/h2,5-7,9H,3-4H2,1H3,(H,15,19)(H,16,18). The summed E-state index contributed by atoms with van der Waals surface area (Å²) in [6.45, 7) is 1.51. The first-order chi connectivity index (χ1) is 9.88. The molecule has 0 bridgehead atoms. The summed E-state index contributed by atoms with van der Waals surface area (Å²) in [7, 11) is 0. The van der Waals surface area contributed by atoms with Gasteiger partial charge in [-0.15, -0.1) is 0 Å². The third kappa shape index (κ3) is 3.74. The monoisotopic (exact) mass is 295 g/mol. The Kier molecular flexibility index (Phi) is 4.15. The lowest BCUT2D eigenvalue weighted by Crippen LogP contribution is -2.45. The average molecular weight is 295 g/mol. The van der Waals surface area contributed by atoms with Gasteiger partial charge in [0.2, 0.25) is 11.7 Å². The Morgan fingerprint density at radius 1 is 1.43 bits per heavy atom. The third-order valence-corrected chi connectivity index (χ3v) is 3.07. The molecule has 21 heavy (non-hydrogen) atoms. The SMILES string of the molecule is CC(NC(=O)c1ccc(F)c([N+](=O)[O-])c1)C(=O)NC1CC1. The number of rotatable bonds is 5. The number of carbonyl (C=O) groups is 2. The lowest BCUT2D eigenvalue weighted by Gasteiger charge is -2.13. The van der Waals surface area contributed by atoms with Gasteiger partial charge in [-0.05, 0) is 31.9 Å². The molecule has 1 unspecified atom stereocenters. The van der Waals surface area contributed by atoms with Gasteiger partial charge in [0.25, 0.3) is 5.91 Å². The highest BCUT2D eigenvalue weighted by atomic mass is 19.1. The van der Waals surface area contributed by atoms with E-state index in [1.54, 1.807) is 0 Å². The minimum Gasteiger partial charge on any atom is -0.352 e. The van der Waals surface area contributed by atoms with Crippen molar-refractivity contribution in [2.75, 3.05) is 0 Å². The Bertz CT molecular complexity index is 601. The van der Waals surface area contributed by atoms with Gasteiger partial charge in [0.05, 0.1) is 4.92 Å². The molecule has 0 radical (unpaired) electrons. The predicted octanol–water partition coefficient (Wildman–Crippen LogP) is 1.13. The van der Waals surface area contributed by atoms with Crippen LogP contribution in [0.3, 0.4) is 0 Å². The van der Waals surface area contributed by atoms with E-state index in [0.717, 1.165) is 31.0 Å². The summed E-state index contributed by atoms with van der Waals surface area (Å²) in [4.78, 5) is 33.3. The van der Waals surface area contributed by atoms with Crippen molar-refractivity contribution in [2.24, 2.45) is 0 Å². The first-order valence-electron chi connectivity index (χ1n) is 6.43. The molecule has 1 aliphatic rings. The van der Waals surface area contributed by atoms with E-state index in [2.05, 4.69) is 10.6 Å². The number of nitrogens with zero attached hydrogens (tertiary/aromatic N) is 1. The van der Waals surface area contributed by atoms with E-state index in [-0.39, 0.29) is 17.5 Å². The smallest absolute Gasteiger partial charge is 0.305 e. The molecule has 2 amide bonds. The van der Waals surface area contributed by atoms with Gasteiger partial charge in [0, 0.05) is 17.7 Å². The molecule has 0 spiro atoms. The third-order valence-electron chi connectivity index (χ3n) is 3.07. The van der Waals surface area contributed by atoms with Crippen molar-refractivity contribution in [1.29, 1.82) is 0 Å². The minimum atomic E-state index is -1.02. The van der Waals surface area contributed by atoms with Crippen molar-refractivity contribution in [1.82, 2.24) is 10.6 Å². The quantitative estimate of drug-likeness (QED) is 0.628. The molecule has 1 atom stereocenters. The van der Waals surface area contributed by atoms with Crippen LogP contribution in [0.25, 0.3) is 0 Å². The van der Waals surface area contributed by atoms with Gasteiger partial charge in [-0.2, -0.15) is 4.39 Å². The predicted molar refractivity (Wildman–Crippen MR) is 71.1 cm³/mol. The van der Waals surface area contributed by atoms with Gasteiger partial charge in [-0.1, -0.05) is 0 Å². The van der Waals surface area contributed by atoms with E-state index in [4.69, 9.17) is 0 Å². The number of halogens is 1. The maximum Gasteiger partial charge on any atom is 0.305 e. The fraction of sp³-hybridized carbons (Fsp3) is 0.385. The zero-order valence-corrected chi connectivity index (χ0v) is 11.3. The highest BCUT2D eigenvalue weighted by molar-refractivity contribution is 5.97. The Labute approximate surface area is 119 Å². The number of nitrogens with one attached hydrogen (secondary N) is 2. The molecule has 8 heteroatoms. The normalized spacial score (nSPS) is 15.1. The van der Waals surface area contributed by atoms with Crippen LogP contribution in [0.1, 0.15) is 30.1 Å². The topological polar surface area (TPSA) is 101 Å². The van der Waals surface area contributed by atoms with Crippen LogP contribution in [0, 0.1) is 15.9 Å². The fourth-order valence-electron chi connectivity index (χ4n) is 1.69. The molecule has 0 aliphatic heterocycles. The second kappa shape index (κ2) is 5.86. The van der Waals surface area contributed by atoms with Crippen LogP contribution < -0.4 is 10.6 Å². The molecular formula is C13H14FN3O4. The van der Waals surface area contributed by atoms with E-state index in [9.17, 15) is 24.1 Å². The first kappa shape index (κ1) is 14.9. The summed E-state index contributed by atoms with van der Waals surface area (Å²) < 4.78 is 13.2. The molecule has 1 aromatic rings. The maximum atomic E-state index is 13.2. The van der Waals surface area contributed by atoms with Crippen molar-refractivity contribution in [3.8, 4) is 0 Å². The van der Waals surface area contributed by atoms with Crippen molar-refractivity contribution in [3.63, 3.8) is 0 Å². The van der Waals surface area contributed by atoms with Gasteiger partial charge < -0.3 is 10.6 Å². The molecule has 0 saturated heterocycles. The van der Waals surface area contributed by atoms with Gasteiger partial charge in [0.15, 0.2) is 0 Å². The Balaban J connectivity index is 2.03. The molecule has 1 saturated carbocycles. The van der Waals surface area contributed by atoms with Crippen LogP contribution in [0.4, 0.5) is 10.1 Å². The van der Waals surface area contributed by atoms with E-state index >= 15 is 0 Å². The zero-order valence-electron chi connectivity index (χ0n) is 11.3. The fourth-order valence-corrected chi connectivity index (χ4v) is 1.69. The summed E-state index contributed by atoms with van der Waals surface area (Å²) in [6.07, 6.45) is 1.85. The Morgan fingerprint density at radius 3 is 2.67 bits per heavy atom. The molecule has 1 aliphatic carbocycles. The number of benzene rings is 1. The Hall–Kier alpha value is -2.51. The number of hydrogen-bond donors (Lipinski definition) is 2. The van der Waals surface area contributed by atoms with Crippen LogP contribution in [0.2, 0.25) is 0 Å². The largest absolute Gasteiger partial charge is 0.352 e. The number of nitro groups is 1. The van der Waals surface area contributed by atoms with Crippen molar-refractivity contribution >= 4 is 17.5 Å². The second-order valence-electron chi connectivity index (χ2n) is 4.90. The number of hydrogen-bond acceptors (Lipinski definition) is 4. The molecule has 0 aromatic heterocycles. The molecule has 7 nitrogen and oxygen atoms in total. The van der Waals surface area contributed by atoms with Crippen LogP contribution in [-0.2, 0) is 4.79 Å². The summed E-state index contributed by atoms with van der Waals surface area (Å²) in [5.41, 5.74) is -0.855. The summed E-state index contributed by atoms with van der Waals surface area (Å²) in [5.74, 6) is -2.00. The molecule has 1 aromatic carbocycles. The van der Waals surface area contributed by atoms with E-state index in [1.165, 1.54) is 6.92 Å².